The molecule has 0 bridgehead atoms. The molecule has 1 aliphatic heterocycles. The molecule has 7 nitrogen and oxygen atoms in total. The number of nitrogens with one attached hydrogen (secondary N) is 1. The van der Waals surface area contributed by atoms with Crippen LogP contribution in [0.25, 0.3) is 0 Å². The van der Waals surface area contributed by atoms with E-state index in [1.165, 1.54) is 0 Å². The predicted octanol–water partition coefficient (Wildman–Crippen LogP) is 4.04. The number of allylic oxidation sites excluding steroid dienone is 2. The number of benzene rings is 2. The lowest BCUT2D eigenvalue weighted by atomic mass is 9.85. The Balaban J connectivity index is 1.41. The second-order valence-electron chi connectivity index (χ2n) is 7.13. The normalized spacial score (nSPS) is 18.1. The Bertz CT molecular complexity index is 1090. The molecule has 2 aromatic carbocycles. The van der Waals surface area contributed by atoms with Crippen molar-refractivity contribution in [2.75, 3.05) is 5.32 Å². The molecule has 8 heteroatoms. The van der Waals surface area contributed by atoms with Crippen LogP contribution in [0.1, 0.15) is 36.4 Å². The number of ketones is 1. The van der Waals surface area contributed by atoms with Gasteiger partial charge in [0, 0.05) is 22.2 Å². The van der Waals surface area contributed by atoms with E-state index in [4.69, 9.17) is 4.74 Å². The Morgan fingerprint density at radius 1 is 1.10 bits per heavy atom. The standard InChI is InChI=1S/C21H18BrN5O2/c22-15-8-4-13(5-9-15)12-29-16-10-6-14(7-11-16)20-19-17(2-1-3-18(19)28)23-21-24-25-26-27(20)21/h4-11,20H,1-3,12H2,(H,23,24,26). The lowest BCUT2D eigenvalue weighted by molar-refractivity contribution is -0.116. The zero-order chi connectivity index (χ0) is 19.8. The van der Waals surface area contributed by atoms with Gasteiger partial charge in [-0.05, 0) is 58.7 Å². The molecular formula is C21H18BrN5O2. The summed E-state index contributed by atoms with van der Waals surface area (Å²) in [6.07, 6.45) is 2.24. The van der Waals surface area contributed by atoms with Gasteiger partial charge in [-0.25, -0.2) is 0 Å². The van der Waals surface area contributed by atoms with Crippen molar-refractivity contribution in [1.82, 2.24) is 20.2 Å². The van der Waals surface area contributed by atoms with E-state index in [0.29, 0.717) is 19.0 Å². The molecule has 1 aliphatic carbocycles. The summed E-state index contributed by atoms with van der Waals surface area (Å²) in [6.45, 7) is 0.491. The molecule has 1 unspecified atom stereocenters. The van der Waals surface area contributed by atoms with Crippen LogP contribution in [0.3, 0.4) is 0 Å². The molecule has 0 radical (unpaired) electrons. The molecule has 3 aromatic rings. The van der Waals surface area contributed by atoms with Crippen molar-refractivity contribution < 1.29 is 9.53 Å². The van der Waals surface area contributed by atoms with Crippen molar-refractivity contribution in [2.24, 2.45) is 0 Å². The number of hydrogen-bond donors (Lipinski definition) is 1. The van der Waals surface area contributed by atoms with E-state index in [1.54, 1.807) is 4.68 Å². The van der Waals surface area contributed by atoms with Crippen molar-refractivity contribution in [3.8, 4) is 5.75 Å². The number of Topliss-reactive ketones (excluding diaryl/α,β-unsaturated/α-hetero) is 1. The molecule has 0 amide bonds. The van der Waals surface area contributed by atoms with Crippen LogP contribution in [0.2, 0.25) is 0 Å². The fourth-order valence-electron chi connectivity index (χ4n) is 3.82. The second kappa shape index (κ2) is 7.44. The van der Waals surface area contributed by atoms with Crippen LogP contribution in [-0.4, -0.2) is 26.0 Å². The predicted molar refractivity (Wildman–Crippen MR) is 110 cm³/mol. The minimum atomic E-state index is -0.315. The minimum Gasteiger partial charge on any atom is -0.489 e. The van der Waals surface area contributed by atoms with E-state index < -0.39 is 0 Å². The highest BCUT2D eigenvalue weighted by Crippen LogP contribution is 2.39. The van der Waals surface area contributed by atoms with Gasteiger partial charge in [0.1, 0.15) is 18.4 Å². The molecule has 1 aromatic heterocycles. The Hall–Kier alpha value is -3.00. The Labute approximate surface area is 175 Å². The van der Waals surface area contributed by atoms with Gasteiger partial charge < -0.3 is 10.1 Å². The van der Waals surface area contributed by atoms with Crippen molar-refractivity contribution in [3.63, 3.8) is 0 Å². The van der Waals surface area contributed by atoms with E-state index in [2.05, 4.69) is 36.8 Å². The van der Waals surface area contributed by atoms with E-state index >= 15 is 0 Å². The lowest BCUT2D eigenvalue weighted by Crippen LogP contribution is -2.31. The number of rotatable bonds is 4. The third-order valence-corrected chi connectivity index (χ3v) is 5.77. The summed E-state index contributed by atoms with van der Waals surface area (Å²) in [7, 11) is 0. The lowest BCUT2D eigenvalue weighted by Gasteiger charge is -2.31. The summed E-state index contributed by atoms with van der Waals surface area (Å²) in [5, 5.41) is 15.2. The molecule has 2 aliphatic rings. The third-order valence-electron chi connectivity index (χ3n) is 5.24. The maximum absolute atomic E-state index is 12.7. The summed E-state index contributed by atoms with van der Waals surface area (Å²) in [5.74, 6) is 1.49. The van der Waals surface area contributed by atoms with Gasteiger partial charge in [0.25, 0.3) is 0 Å². The number of ether oxygens (including phenoxy) is 1. The first-order valence-electron chi connectivity index (χ1n) is 9.47. The smallest absolute Gasteiger partial charge is 0.248 e. The number of nitrogens with zero attached hydrogens (tertiary/aromatic N) is 4. The molecule has 1 atom stereocenters. The van der Waals surface area contributed by atoms with Gasteiger partial charge >= 0.3 is 0 Å². The van der Waals surface area contributed by atoms with Crippen molar-refractivity contribution in [1.29, 1.82) is 0 Å². The molecule has 146 valence electrons. The Kier molecular flexibility index (Phi) is 4.63. The van der Waals surface area contributed by atoms with E-state index in [1.807, 2.05) is 48.5 Å². The van der Waals surface area contributed by atoms with Gasteiger partial charge in [-0.3, -0.25) is 4.79 Å². The zero-order valence-electron chi connectivity index (χ0n) is 15.5. The second-order valence-corrected chi connectivity index (χ2v) is 8.04. The topological polar surface area (TPSA) is 81.9 Å². The van der Waals surface area contributed by atoms with Gasteiger partial charge in [0.2, 0.25) is 5.95 Å². The van der Waals surface area contributed by atoms with Gasteiger partial charge in [-0.2, -0.15) is 4.68 Å². The van der Waals surface area contributed by atoms with Crippen molar-refractivity contribution >= 4 is 27.7 Å². The number of hydrogen-bond acceptors (Lipinski definition) is 6. The van der Waals surface area contributed by atoms with Crippen LogP contribution in [0.15, 0.2) is 64.3 Å². The molecule has 0 fully saturated rings. The van der Waals surface area contributed by atoms with Crippen molar-refractivity contribution in [2.45, 2.75) is 31.9 Å². The molecule has 0 spiro atoms. The van der Waals surface area contributed by atoms with E-state index in [9.17, 15) is 4.79 Å². The highest BCUT2D eigenvalue weighted by atomic mass is 79.9. The van der Waals surface area contributed by atoms with Crippen LogP contribution in [-0.2, 0) is 11.4 Å². The number of tetrazole rings is 1. The molecular weight excluding hydrogens is 434 g/mol. The maximum Gasteiger partial charge on any atom is 0.248 e. The van der Waals surface area contributed by atoms with Gasteiger partial charge in [0.05, 0.1) is 0 Å². The average Bonchev–Trinajstić information content (AvgIpc) is 3.21. The average molecular weight is 452 g/mol. The van der Waals surface area contributed by atoms with E-state index in [-0.39, 0.29) is 11.8 Å². The Morgan fingerprint density at radius 2 is 1.90 bits per heavy atom. The first-order valence-corrected chi connectivity index (χ1v) is 10.3. The van der Waals surface area contributed by atoms with Crippen molar-refractivity contribution in [3.05, 3.63) is 75.4 Å². The first-order chi connectivity index (χ1) is 14.2. The van der Waals surface area contributed by atoms with Gasteiger partial charge in [-0.15, -0.1) is 0 Å². The van der Waals surface area contributed by atoms with Crippen LogP contribution in [0.5, 0.6) is 5.75 Å². The Morgan fingerprint density at radius 3 is 2.69 bits per heavy atom. The molecule has 2 heterocycles. The molecule has 0 saturated carbocycles. The maximum atomic E-state index is 12.7. The SMILES string of the molecule is O=C1CCCC2=C1C(c1ccc(OCc3ccc(Br)cc3)cc1)n1nnnc1N2. The fourth-order valence-corrected chi connectivity index (χ4v) is 4.08. The number of halogens is 1. The molecule has 29 heavy (non-hydrogen) atoms. The fraction of sp³-hybridized carbons (Fsp3) is 0.238. The summed E-state index contributed by atoms with van der Waals surface area (Å²) in [4.78, 5) is 12.7. The summed E-state index contributed by atoms with van der Waals surface area (Å²) in [5.41, 5.74) is 3.75. The number of carbonyl (C=O) groups excluding carboxylic acids is 1. The van der Waals surface area contributed by atoms with Crippen LogP contribution >= 0.6 is 15.9 Å². The van der Waals surface area contributed by atoms with Gasteiger partial charge in [0.15, 0.2) is 5.78 Å². The molecule has 1 N–H and O–H groups in total. The number of carbonyl (C=O) groups is 1. The third kappa shape index (κ3) is 3.44. The molecule has 0 saturated heterocycles. The van der Waals surface area contributed by atoms with Crippen LogP contribution in [0.4, 0.5) is 5.95 Å². The number of fused-ring (bicyclic) bond motifs is 1. The summed E-state index contributed by atoms with van der Waals surface area (Å²) >= 11 is 3.44. The summed E-state index contributed by atoms with van der Waals surface area (Å²) in [6, 6.07) is 15.5. The number of aromatic nitrogens is 4. The monoisotopic (exact) mass is 451 g/mol. The van der Waals surface area contributed by atoms with Gasteiger partial charge in [-0.1, -0.05) is 45.3 Å². The number of anilines is 1. The first kappa shape index (κ1) is 18.1. The highest BCUT2D eigenvalue weighted by Gasteiger charge is 2.36. The summed E-state index contributed by atoms with van der Waals surface area (Å²) < 4.78 is 8.63. The molecule has 5 rings (SSSR count). The quantitative estimate of drug-likeness (QED) is 0.644. The highest BCUT2D eigenvalue weighted by molar-refractivity contribution is 9.10. The minimum absolute atomic E-state index is 0.153. The zero-order valence-corrected chi connectivity index (χ0v) is 17.1. The largest absolute Gasteiger partial charge is 0.489 e. The van der Waals surface area contributed by atoms with Crippen LogP contribution < -0.4 is 10.1 Å². The van der Waals surface area contributed by atoms with E-state index in [0.717, 1.165) is 45.5 Å². The van der Waals surface area contributed by atoms with Crippen LogP contribution in [0, 0.1) is 0 Å².